The van der Waals surface area contributed by atoms with E-state index in [0.717, 1.165) is 16.5 Å². The van der Waals surface area contributed by atoms with Gasteiger partial charge in [-0.05, 0) is 31.2 Å². The quantitative estimate of drug-likeness (QED) is 0.936. The van der Waals surface area contributed by atoms with Gasteiger partial charge in [0.15, 0.2) is 5.82 Å². The lowest BCUT2D eigenvalue weighted by atomic mass is 9.95. The van der Waals surface area contributed by atoms with Gasteiger partial charge in [0, 0.05) is 10.9 Å². The first-order valence-corrected chi connectivity index (χ1v) is 7.85. The number of aromatic nitrogens is 3. The van der Waals surface area contributed by atoms with Crippen LogP contribution in [0.5, 0.6) is 0 Å². The van der Waals surface area contributed by atoms with Crippen molar-refractivity contribution < 1.29 is 0 Å². The van der Waals surface area contributed by atoms with Gasteiger partial charge in [-0.3, -0.25) is 0 Å². The number of aryl methyl sites for hydroxylation is 1. The van der Waals surface area contributed by atoms with Crippen LogP contribution in [0.2, 0.25) is 0 Å². The molecule has 102 valence electrons. The molecule has 5 heteroatoms. The van der Waals surface area contributed by atoms with Crippen LogP contribution in [-0.2, 0) is 0 Å². The van der Waals surface area contributed by atoms with E-state index in [4.69, 9.17) is 5.73 Å². The maximum absolute atomic E-state index is 6.37. The predicted octanol–water partition coefficient (Wildman–Crippen LogP) is 3.20. The Morgan fingerprint density at radius 1 is 1.32 bits per heavy atom. The lowest BCUT2D eigenvalue weighted by Gasteiger charge is -2.26. The first kappa shape index (κ1) is 12.8. The lowest BCUT2D eigenvalue weighted by molar-refractivity contribution is 0.338. The van der Waals surface area contributed by atoms with Gasteiger partial charge in [-0.15, -0.1) is 21.5 Å². The van der Waals surface area contributed by atoms with Crippen LogP contribution >= 0.6 is 11.3 Å². The number of hydrogen-bond donors (Lipinski definition) is 1. The largest absolute Gasteiger partial charge is 0.317 e. The molecule has 0 radical (unpaired) electrons. The second-order valence-corrected chi connectivity index (χ2v) is 6.24. The second-order valence-electron chi connectivity index (χ2n) is 5.26. The Kier molecular flexibility index (Phi) is 3.66. The van der Waals surface area contributed by atoms with Gasteiger partial charge in [0.05, 0.1) is 0 Å². The van der Waals surface area contributed by atoms with Gasteiger partial charge in [-0.1, -0.05) is 25.3 Å². The van der Waals surface area contributed by atoms with Crippen LogP contribution in [0.25, 0.3) is 0 Å². The van der Waals surface area contributed by atoms with Crippen LogP contribution < -0.4 is 5.73 Å². The fourth-order valence-electron chi connectivity index (χ4n) is 2.98. The van der Waals surface area contributed by atoms with Crippen LogP contribution in [0.4, 0.5) is 0 Å². The molecule has 1 fully saturated rings. The van der Waals surface area contributed by atoms with Crippen molar-refractivity contribution in [1.29, 1.82) is 0 Å². The molecule has 2 N–H and O–H groups in total. The molecule has 0 amide bonds. The molecule has 19 heavy (non-hydrogen) atoms. The van der Waals surface area contributed by atoms with Crippen molar-refractivity contribution in [3.8, 4) is 0 Å². The van der Waals surface area contributed by atoms with E-state index in [2.05, 4.69) is 26.2 Å². The molecule has 0 aliphatic heterocycles. The van der Waals surface area contributed by atoms with Gasteiger partial charge in [0.25, 0.3) is 0 Å². The van der Waals surface area contributed by atoms with E-state index in [9.17, 15) is 0 Å². The van der Waals surface area contributed by atoms with Crippen LogP contribution in [0.3, 0.4) is 0 Å². The van der Waals surface area contributed by atoms with Gasteiger partial charge in [-0.2, -0.15) is 0 Å². The van der Waals surface area contributed by atoms with E-state index < -0.39 is 0 Å². The first-order chi connectivity index (χ1) is 9.27. The maximum Gasteiger partial charge on any atom is 0.155 e. The van der Waals surface area contributed by atoms with E-state index >= 15 is 0 Å². The van der Waals surface area contributed by atoms with Crippen molar-refractivity contribution in [2.75, 3.05) is 0 Å². The molecule has 1 atom stereocenters. The Hall–Kier alpha value is -1.20. The molecule has 1 aliphatic carbocycles. The van der Waals surface area contributed by atoms with Gasteiger partial charge < -0.3 is 10.3 Å². The van der Waals surface area contributed by atoms with Crippen molar-refractivity contribution in [2.24, 2.45) is 5.73 Å². The van der Waals surface area contributed by atoms with E-state index in [1.54, 1.807) is 11.3 Å². The summed E-state index contributed by atoms with van der Waals surface area (Å²) in [5, 5.41) is 10.7. The minimum Gasteiger partial charge on any atom is -0.317 e. The van der Waals surface area contributed by atoms with Crippen LogP contribution in [0.1, 0.15) is 60.7 Å². The molecule has 0 aromatic carbocycles. The first-order valence-electron chi connectivity index (χ1n) is 6.97. The molecule has 2 heterocycles. The zero-order valence-corrected chi connectivity index (χ0v) is 12.1. The number of nitrogens with zero attached hydrogens (tertiary/aromatic N) is 3. The predicted molar refractivity (Wildman–Crippen MR) is 77.2 cm³/mol. The highest BCUT2D eigenvalue weighted by Gasteiger charge is 2.25. The molecule has 2 aromatic heterocycles. The monoisotopic (exact) mass is 276 g/mol. The van der Waals surface area contributed by atoms with E-state index in [-0.39, 0.29) is 6.04 Å². The normalized spacial score (nSPS) is 18.6. The summed E-state index contributed by atoms with van der Waals surface area (Å²) in [6.07, 6.45) is 6.40. The summed E-state index contributed by atoms with van der Waals surface area (Å²) in [5.41, 5.74) is 6.37. The van der Waals surface area contributed by atoms with Gasteiger partial charge >= 0.3 is 0 Å². The average molecular weight is 276 g/mol. The molecule has 1 unspecified atom stereocenters. The zero-order valence-electron chi connectivity index (χ0n) is 11.2. The topological polar surface area (TPSA) is 56.7 Å². The van der Waals surface area contributed by atoms with E-state index in [1.807, 2.05) is 13.0 Å². The summed E-state index contributed by atoms with van der Waals surface area (Å²) in [7, 11) is 0. The Balaban J connectivity index is 1.93. The highest BCUT2D eigenvalue weighted by molar-refractivity contribution is 7.10. The fraction of sp³-hybridized carbons (Fsp3) is 0.571. The van der Waals surface area contributed by atoms with Crippen LogP contribution in [-0.4, -0.2) is 14.8 Å². The molecule has 1 aliphatic rings. The summed E-state index contributed by atoms with van der Waals surface area (Å²) < 4.78 is 2.28. The van der Waals surface area contributed by atoms with Gasteiger partial charge in [0.2, 0.25) is 0 Å². The minimum absolute atomic E-state index is 0.150. The number of hydrogen-bond acceptors (Lipinski definition) is 4. The highest BCUT2D eigenvalue weighted by atomic mass is 32.1. The maximum atomic E-state index is 6.37. The summed E-state index contributed by atoms with van der Waals surface area (Å²) >= 11 is 1.68. The van der Waals surface area contributed by atoms with Crippen molar-refractivity contribution in [3.63, 3.8) is 0 Å². The average Bonchev–Trinajstić information content (AvgIpc) is 3.08. The Morgan fingerprint density at radius 2 is 2.11 bits per heavy atom. The Bertz CT molecular complexity index is 526. The zero-order chi connectivity index (χ0) is 13.2. The molecule has 3 rings (SSSR count). The summed E-state index contributed by atoms with van der Waals surface area (Å²) in [6, 6.07) is 4.49. The summed E-state index contributed by atoms with van der Waals surface area (Å²) in [6.45, 7) is 2.03. The summed E-state index contributed by atoms with van der Waals surface area (Å²) in [4.78, 5) is 1.16. The molecule has 0 spiro atoms. The van der Waals surface area contributed by atoms with E-state index in [0.29, 0.717) is 6.04 Å². The van der Waals surface area contributed by atoms with Gasteiger partial charge in [-0.25, -0.2) is 0 Å². The second kappa shape index (κ2) is 5.43. The molecular weight excluding hydrogens is 256 g/mol. The summed E-state index contributed by atoms with van der Waals surface area (Å²) in [5.74, 6) is 1.92. The molecule has 4 nitrogen and oxygen atoms in total. The highest BCUT2D eigenvalue weighted by Crippen LogP contribution is 2.32. The van der Waals surface area contributed by atoms with Crippen molar-refractivity contribution in [3.05, 3.63) is 34.0 Å². The van der Waals surface area contributed by atoms with Crippen molar-refractivity contribution in [1.82, 2.24) is 14.8 Å². The number of nitrogens with two attached hydrogens (primary N) is 1. The third-order valence-corrected chi connectivity index (χ3v) is 4.92. The third-order valence-electron chi connectivity index (χ3n) is 3.96. The Labute approximate surface area is 117 Å². The van der Waals surface area contributed by atoms with Gasteiger partial charge in [0.1, 0.15) is 11.9 Å². The smallest absolute Gasteiger partial charge is 0.155 e. The Morgan fingerprint density at radius 3 is 2.79 bits per heavy atom. The molecule has 1 saturated carbocycles. The number of thiophene rings is 1. The lowest BCUT2D eigenvalue weighted by Crippen LogP contribution is -2.22. The van der Waals surface area contributed by atoms with Crippen LogP contribution in [0.15, 0.2) is 17.5 Å². The van der Waals surface area contributed by atoms with Crippen molar-refractivity contribution in [2.45, 2.75) is 51.1 Å². The van der Waals surface area contributed by atoms with E-state index in [1.165, 1.54) is 32.1 Å². The fourth-order valence-corrected chi connectivity index (χ4v) is 3.71. The molecule has 0 bridgehead atoms. The standard InChI is InChI=1S/C14H20N4S/c1-10-16-17-14(13(15)12-8-5-9-19-12)18(10)11-6-3-2-4-7-11/h5,8-9,11,13H,2-4,6-7,15H2,1H3. The third kappa shape index (κ3) is 2.44. The minimum atomic E-state index is -0.150. The molecule has 2 aromatic rings. The molecular formula is C14H20N4S. The SMILES string of the molecule is Cc1nnc(C(N)c2cccs2)n1C1CCCCC1. The van der Waals surface area contributed by atoms with Crippen LogP contribution in [0, 0.1) is 6.92 Å². The van der Waals surface area contributed by atoms with Crippen molar-refractivity contribution >= 4 is 11.3 Å². The molecule has 0 saturated heterocycles. The number of rotatable bonds is 3.